The van der Waals surface area contributed by atoms with Gasteiger partial charge in [-0.2, -0.15) is 0 Å². The summed E-state index contributed by atoms with van der Waals surface area (Å²) in [6.45, 7) is 2.49. The van der Waals surface area contributed by atoms with Crippen molar-refractivity contribution in [2.75, 3.05) is 24.3 Å². The highest BCUT2D eigenvalue weighted by Gasteiger charge is 2.19. The second-order valence-corrected chi connectivity index (χ2v) is 4.87. The van der Waals surface area contributed by atoms with E-state index in [4.69, 9.17) is 10.5 Å². The van der Waals surface area contributed by atoms with Crippen molar-refractivity contribution in [2.45, 2.75) is 6.92 Å². The van der Waals surface area contributed by atoms with Crippen molar-refractivity contribution in [1.82, 2.24) is 0 Å². The number of ether oxygens (including phenoxy) is 1. The minimum atomic E-state index is -0.0614. The van der Waals surface area contributed by atoms with Gasteiger partial charge < -0.3 is 15.4 Å². The number of para-hydroxylation sites is 2. The van der Waals surface area contributed by atoms with Crippen LogP contribution in [0.3, 0.4) is 0 Å². The lowest BCUT2D eigenvalue weighted by Crippen LogP contribution is -2.30. The number of carbonyl (C=O) groups excluding carboxylic acids is 1. The van der Waals surface area contributed by atoms with Crippen molar-refractivity contribution >= 4 is 28.6 Å². The van der Waals surface area contributed by atoms with Crippen LogP contribution in [0, 0.1) is 0 Å². The molecule has 2 rings (SSSR count). The molecule has 0 aliphatic rings. The number of thiophene rings is 1. The van der Waals surface area contributed by atoms with Crippen LogP contribution in [0.4, 0.5) is 11.4 Å². The number of hydrogen-bond donors (Lipinski definition) is 1. The van der Waals surface area contributed by atoms with Crippen LogP contribution in [0.25, 0.3) is 0 Å². The standard InChI is InChI=1S/C14H16N2O2S/c1-3-16(12-7-5-4-6-11(12)15)14(17)13-8-10(18-2)9-19-13/h4-9H,3,15H2,1-2H3. The molecule has 0 saturated carbocycles. The van der Waals surface area contributed by atoms with Gasteiger partial charge in [-0.1, -0.05) is 12.1 Å². The van der Waals surface area contributed by atoms with Crippen LogP contribution in [0.5, 0.6) is 5.75 Å². The molecule has 0 aliphatic carbocycles. The van der Waals surface area contributed by atoms with Crippen LogP contribution in [-0.2, 0) is 0 Å². The van der Waals surface area contributed by atoms with Crippen molar-refractivity contribution in [3.8, 4) is 5.75 Å². The summed E-state index contributed by atoms with van der Waals surface area (Å²) in [5, 5.41) is 1.81. The van der Waals surface area contributed by atoms with Crippen LogP contribution in [0.2, 0.25) is 0 Å². The molecule has 0 saturated heterocycles. The third-order valence-electron chi connectivity index (χ3n) is 2.81. The summed E-state index contributed by atoms with van der Waals surface area (Å²) < 4.78 is 5.10. The monoisotopic (exact) mass is 276 g/mol. The van der Waals surface area contributed by atoms with Crippen LogP contribution >= 0.6 is 11.3 Å². The van der Waals surface area contributed by atoms with Crippen LogP contribution in [-0.4, -0.2) is 19.6 Å². The van der Waals surface area contributed by atoms with Gasteiger partial charge in [0.1, 0.15) is 5.75 Å². The van der Waals surface area contributed by atoms with E-state index in [9.17, 15) is 4.79 Å². The average Bonchev–Trinajstić information content (AvgIpc) is 2.90. The number of hydrogen-bond acceptors (Lipinski definition) is 4. The fourth-order valence-corrected chi connectivity index (χ4v) is 2.63. The Morgan fingerprint density at radius 1 is 1.42 bits per heavy atom. The van der Waals surface area contributed by atoms with E-state index in [1.54, 1.807) is 24.1 Å². The van der Waals surface area contributed by atoms with Gasteiger partial charge in [-0.3, -0.25) is 4.79 Å². The van der Waals surface area contributed by atoms with E-state index in [2.05, 4.69) is 0 Å². The van der Waals surface area contributed by atoms with Gasteiger partial charge in [0, 0.05) is 18.0 Å². The Labute approximate surface area is 116 Å². The van der Waals surface area contributed by atoms with Gasteiger partial charge in [0.2, 0.25) is 0 Å². The Bertz CT molecular complexity index is 580. The zero-order chi connectivity index (χ0) is 13.8. The number of carbonyl (C=O) groups is 1. The van der Waals surface area contributed by atoms with Gasteiger partial charge in [-0.15, -0.1) is 11.3 Å². The first-order chi connectivity index (χ1) is 9.17. The van der Waals surface area contributed by atoms with E-state index in [0.29, 0.717) is 22.9 Å². The fraction of sp³-hybridized carbons (Fsp3) is 0.214. The van der Waals surface area contributed by atoms with Crippen LogP contribution in [0.1, 0.15) is 16.6 Å². The fourth-order valence-electron chi connectivity index (χ4n) is 1.83. The molecule has 4 nitrogen and oxygen atoms in total. The second kappa shape index (κ2) is 5.75. The number of anilines is 2. The topological polar surface area (TPSA) is 55.6 Å². The van der Waals surface area contributed by atoms with E-state index in [0.717, 1.165) is 5.69 Å². The largest absolute Gasteiger partial charge is 0.496 e. The van der Waals surface area contributed by atoms with E-state index in [1.165, 1.54) is 11.3 Å². The lowest BCUT2D eigenvalue weighted by molar-refractivity contribution is 0.0992. The summed E-state index contributed by atoms with van der Waals surface area (Å²) >= 11 is 1.37. The molecule has 1 heterocycles. The van der Waals surface area contributed by atoms with Crippen molar-refractivity contribution in [2.24, 2.45) is 0 Å². The maximum Gasteiger partial charge on any atom is 0.268 e. The van der Waals surface area contributed by atoms with Crippen molar-refractivity contribution in [3.63, 3.8) is 0 Å². The first-order valence-corrected chi connectivity index (χ1v) is 6.84. The Morgan fingerprint density at radius 3 is 2.74 bits per heavy atom. The molecule has 0 bridgehead atoms. The molecule has 0 fully saturated rings. The molecule has 5 heteroatoms. The zero-order valence-corrected chi connectivity index (χ0v) is 11.7. The Morgan fingerprint density at radius 2 is 2.16 bits per heavy atom. The molecule has 1 aromatic heterocycles. The van der Waals surface area contributed by atoms with E-state index in [-0.39, 0.29) is 5.91 Å². The first kappa shape index (κ1) is 13.4. The molecule has 0 radical (unpaired) electrons. The van der Waals surface area contributed by atoms with Gasteiger partial charge in [-0.25, -0.2) is 0 Å². The smallest absolute Gasteiger partial charge is 0.268 e. The Balaban J connectivity index is 2.32. The van der Waals surface area contributed by atoms with Crippen LogP contribution in [0.15, 0.2) is 35.7 Å². The second-order valence-electron chi connectivity index (χ2n) is 3.96. The van der Waals surface area contributed by atoms with Gasteiger partial charge >= 0.3 is 0 Å². The maximum atomic E-state index is 12.5. The summed E-state index contributed by atoms with van der Waals surface area (Å²) in [6.07, 6.45) is 0. The average molecular weight is 276 g/mol. The summed E-state index contributed by atoms with van der Waals surface area (Å²) in [6, 6.07) is 9.11. The van der Waals surface area contributed by atoms with Gasteiger partial charge in [0.15, 0.2) is 0 Å². The molecule has 1 aromatic carbocycles. The molecule has 2 aromatic rings. The van der Waals surface area contributed by atoms with E-state index >= 15 is 0 Å². The van der Waals surface area contributed by atoms with Gasteiger partial charge in [-0.05, 0) is 19.1 Å². The summed E-state index contributed by atoms with van der Waals surface area (Å²) in [7, 11) is 1.59. The quantitative estimate of drug-likeness (QED) is 0.873. The third-order valence-corrected chi connectivity index (χ3v) is 3.71. The lowest BCUT2D eigenvalue weighted by Gasteiger charge is -2.21. The number of nitrogens with two attached hydrogens (primary N) is 1. The minimum Gasteiger partial charge on any atom is -0.496 e. The highest BCUT2D eigenvalue weighted by Crippen LogP contribution is 2.27. The molecule has 1 amide bonds. The molecule has 0 spiro atoms. The predicted octanol–water partition coefficient (Wildman–Crippen LogP) is 3.01. The first-order valence-electron chi connectivity index (χ1n) is 5.96. The maximum absolute atomic E-state index is 12.5. The molecular formula is C14H16N2O2S. The van der Waals surface area contributed by atoms with Gasteiger partial charge in [0.25, 0.3) is 5.91 Å². The molecule has 0 atom stereocenters. The number of rotatable bonds is 4. The zero-order valence-electron chi connectivity index (χ0n) is 10.9. The number of amides is 1. The molecule has 100 valence electrons. The summed E-state index contributed by atoms with van der Waals surface area (Å²) in [5.41, 5.74) is 7.27. The van der Waals surface area contributed by atoms with Crippen molar-refractivity contribution in [3.05, 3.63) is 40.6 Å². The molecule has 19 heavy (non-hydrogen) atoms. The van der Waals surface area contributed by atoms with Crippen molar-refractivity contribution < 1.29 is 9.53 Å². The van der Waals surface area contributed by atoms with Gasteiger partial charge in [0.05, 0.1) is 23.4 Å². The van der Waals surface area contributed by atoms with Crippen LogP contribution < -0.4 is 15.4 Å². The normalized spacial score (nSPS) is 10.2. The number of nitrogen functional groups attached to an aromatic ring is 1. The number of methoxy groups -OCH3 is 1. The molecular weight excluding hydrogens is 260 g/mol. The highest BCUT2D eigenvalue weighted by atomic mass is 32.1. The Kier molecular flexibility index (Phi) is 4.06. The SMILES string of the molecule is CCN(C(=O)c1cc(OC)cs1)c1ccccc1N. The highest BCUT2D eigenvalue weighted by molar-refractivity contribution is 7.12. The molecule has 0 aliphatic heterocycles. The predicted molar refractivity (Wildman–Crippen MR) is 79.1 cm³/mol. The van der Waals surface area contributed by atoms with Crippen molar-refractivity contribution in [1.29, 1.82) is 0 Å². The van der Waals surface area contributed by atoms with E-state index in [1.807, 2.05) is 30.5 Å². The summed E-state index contributed by atoms with van der Waals surface area (Å²) in [5.74, 6) is 0.638. The lowest BCUT2D eigenvalue weighted by atomic mass is 10.2. The molecule has 2 N–H and O–H groups in total. The number of benzene rings is 1. The number of nitrogens with zero attached hydrogens (tertiary/aromatic N) is 1. The minimum absolute atomic E-state index is 0.0614. The molecule has 0 unspecified atom stereocenters. The van der Waals surface area contributed by atoms with E-state index < -0.39 is 0 Å². The Hall–Kier alpha value is -2.01. The third kappa shape index (κ3) is 2.71. The summed E-state index contributed by atoms with van der Waals surface area (Å²) in [4.78, 5) is 14.8.